The van der Waals surface area contributed by atoms with E-state index in [1.165, 1.54) is 18.9 Å². The molecule has 1 aromatic carbocycles. The molecule has 1 aromatic heterocycles. The van der Waals surface area contributed by atoms with E-state index < -0.39 is 0 Å². The van der Waals surface area contributed by atoms with Crippen molar-refractivity contribution in [1.82, 2.24) is 10.3 Å². The van der Waals surface area contributed by atoms with Gasteiger partial charge in [-0.1, -0.05) is 6.42 Å². The fourth-order valence-electron chi connectivity index (χ4n) is 2.13. The number of benzene rings is 1. The number of hydrogen-bond donors (Lipinski definition) is 1. The van der Waals surface area contributed by atoms with Gasteiger partial charge in [0.15, 0.2) is 0 Å². The van der Waals surface area contributed by atoms with Crippen molar-refractivity contribution in [2.45, 2.75) is 25.3 Å². The molecule has 4 heteroatoms. The highest BCUT2D eigenvalue weighted by Crippen LogP contribution is 2.30. The highest BCUT2D eigenvalue weighted by Gasteiger charge is 2.18. The Morgan fingerprint density at radius 2 is 2.31 bits per heavy atom. The lowest BCUT2D eigenvalue weighted by Gasteiger charge is -2.20. The van der Waals surface area contributed by atoms with Gasteiger partial charge in [0, 0.05) is 0 Å². The van der Waals surface area contributed by atoms with Crippen LogP contribution in [0.25, 0.3) is 10.2 Å². The summed E-state index contributed by atoms with van der Waals surface area (Å²) in [6, 6.07) is 5.17. The number of halogens is 1. The Morgan fingerprint density at radius 1 is 1.38 bits per heavy atom. The number of aromatic nitrogens is 1. The second-order valence-corrected chi connectivity index (χ2v) is 5.23. The topological polar surface area (TPSA) is 24.9 Å². The molecule has 2 aromatic rings. The van der Waals surface area contributed by atoms with Crippen molar-refractivity contribution in [3.63, 3.8) is 0 Å². The minimum absolute atomic E-state index is 0.181. The van der Waals surface area contributed by atoms with Crippen LogP contribution in [0.15, 0.2) is 18.2 Å². The third kappa shape index (κ3) is 1.83. The second kappa shape index (κ2) is 4.11. The molecule has 84 valence electrons. The van der Waals surface area contributed by atoms with Crippen molar-refractivity contribution in [3.8, 4) is 0 Å². The summed E-state index contributed by atoms with van der Waals surface area (Å²) in [7, 11) is 0. The molecule has 0 amide bonds. The number of piperidine rings is 1. The molecule has 0 radical (unpaired) electrons. The van der Waals surface area contributed by atoms with Crippen LogP contribution < -0.4 is 5.32 Å². The number of rotatable bonds is 1. The molecule has 1 unspecified atom stereocenters. The SMILES string of the molecule is Fc1ccc2nc(C3CCCCN3)sc2c1. The zero-order valence-corrected chi connectivity index (χ0v) is 9.69. The van der Waals surface area contributed by atoms with Crippen LogP contribution in [0.1, 0.15) is 30.3 Å². The van der Waals surface area contributed by atoms with E-state index in [9.17, 15) is 4.39 Å². The maximum absolute atomic E-state index is 13.1. The summed E-state index contributed by atoms with van der Waals surface area (Å²) in [4.78, 5) is 4.57. The van der Waals surface area contributed by atoms with Crippen LogP contribution in [0.5, 0.6) is 0 Å². The first kappa shape index (κ1) is 10.2. The molecule has 1 N–H and O–H groups in total. The number of thiazole rings is 1. The molecular formula is C12H13FN2S. The molecular weight excluding hydrogens is 223 g/mol. The number of nitrogens with one attached hydrogen (secondary N) is 1. The third-order valence-corrected chi connectivity index (χ3v) is 4.11. The molecule has 0 saturated carbocycles. The summed E-state index contributed by atoms with van der Waals surface area (Å²) in [6.07, 6.45) is 3.64. The van der Waals surface area contributed by atoms with Gasteiger partial charge in [-0.25, -0.2) is 9.37 Å². The average Bonchev–Trinajstić information content (AvgIpc) is 2.73. The standard InChI is InChI=1S/C12H13FN2S/c13-8-4-5-9-11(7-8)16-12(15-9)10-3-1-2-6-14-10/h4-5,7,10,14H,1-3,6H2. The number of hydrogen-bond acceptors (Lipinski definition) is 3. The summed E-state index contributed by atoms with van der Waals surface area (Å²) in [6.45, 7) is 1.06. The fraction of sp³-hybridized carbons (Fsp3) is 0.417. The van der Waals surface area contributed by atoms with Gasteiger partial charge >= 0.3 is 0 Å². The minimum Gasteiger partial charge on any atom is -0.308 e. The van der Waals surface area contributed by atoms with Crippen molar-refractivity contribution in [2.75, 3.05) is 6.54 Å². The maximum atomic E-state index is 13.1. The van der Waals surface area contributed by atoms with E-state index in [2.05, 4.69) is 10.3 Å². The molecule has 16 heavy (non-hydrogen) atoms. The summed E-state index contributed by atoms with van der Waals surface area (Å²) >= 11 is 1.60. The van der Waals surface area contributed by atoms with Crippen LogP contribution in [-0.4, -0.2) is 11.5 Å². The van der Waals surface area contributed by atoms with E-state index in [1.807, 2.05) is 0 Å². The van der Waals surface area contributed by atoms with Crippen molar-refractivity contribution >= 4 is 21.6 Å². The molecule has 3 rings (SSSR count). The lowest BCUT2D eigenvalue weighted by Crippen LogP contribution is -2.26. The lowest BCUT2D eigenvalue weighted by atomic mass is 10.1. The van der Waals surface area contributed by atoms with E-state index in [0.29, 0.717) is 6.04 Å². The predicted octanol–water partition coefficient (Wildman–Crippen LogP) is 3.25. The Labute approximate surface area is 97.5 Å². The van der Waals surface area contributed by atoms with E-state index >= 15 is 0 Å². The minimum atomic E-state index is -0.181. The molecule has 1 fully saturated rings. The van der Waals surface area contributed by atoms with E-state index in [-0.39, 0.29) is 5.82 Å². The Kier molecular flexibility index (Phi) is 2.61. The summed E-state index contributed by atoms with van der Waals surface area (Å²) in [5.74, 6) is -0.181. The third-order valence-electron chi connectivity index (χ3n) is 2.98. The molecule has 2 nitrogen and oxygen atoms in total. The number of fused-ring (bicyclic) bond motifs is 1. The molecule has 1 aliphatic rings. The van der Waals surface area contributed by atoms with Gasteiger partial charge in [-0.15, -0.1) is 11.3 Å². The van der Waals surface area contributed by atoms with Gasteiger partial charge in [0.25, 0.3) is 0 Å². The van der Waals surface area contributed by atoms with E-state index in [4.69, 9.17) is 0 Å². The van der Waals surface area contributed by atoms with Crippen molar-refractivity contribution in [1.29, 1.82) is 0 Å². The molecule has 0 aliphatic carbocycles. The van der Waals surface area contributed by atoms with Crippen LogP contribution >= 0.6 is 11.3 Å². The van der Waals surface area contributed by atoms with E-state index in [0.717, 1.165) is 28.2 Å². The first-order chi connectivity index (χ1) is 7.83. The molecule has 2 heterocycles. The van der Waals surface area contributed by atoms with Gasteiger partial charge in [0.1, 0.15) is 10.8 Å². The van der Waals surface area contributed by atoms with Crippen LogP contribution in [0.3, 0.4) is 0 Å². The van der Waals surface area contributed by atoms with Gasteiger partial charge < -0.3 is 5.32 Å². The molecule has 0 spiro atoms. The van der Waals surface area contributed by atoms with Crippen molar-refractivity contribution in [2.24, 2.45) is 0 Å². The highest BCUT2D eigenvalue weighted by molar-refractivity contribution is 7.18. The summed E-state index contributed by atoms with van der Waals surface area (Å²) < 4.78 is 14.0. The fourth-order valence-corrected chi connectivity index (χ4v) is 3.23. The van der Waals surface area contributed by atoms with Crippen LogP contribution in [0.4, 0.5) is 4.39 Å². The van der Waals surface area contributed by atoms with Gasteiger partial charge in [-0.05, 0) is 37.6 Å². The van der Waals surface area contributed by atoms with Gasteiger partial charge in [-0.3, -0.25) is 0 Å². The predicted molar refractivity (Wildman–Crippen MR) is 64.2 cm³/mol. The normalized spacial score (nSPS) is 21.4. The average molecular weight is 236 g/mol. The second-order valence-electron chi connectivity index (χ2n) is 4.17. The smallest absolute Gasteiger partial charge is 0.124 e. The first-order valence-electron chi connectivity index (χ1n) is 5.62. The van der Waals surface area contributed by atoms with Crippen molar-refractivity contribution in [3.05, 3.63) is 29.0 Å². The Hall–Kier alpha value is -1.00. The van der Waals surface area contributed by atoms with Crippen LogP contribution in [0, 0.1) is 5.82 Å². The Bertz CT molecular complexity index is 503. The zero-order valence-electron chi connectivity index (χ0n) is 8.87. The zero-order chi connectivity index (χ0) is 11.0. The molecule has 1 saturated heterocycles. The first-order valence-corrected chi connectivity index (χ1v) is 6.44. The quantitative estimate of drug-likeness (QED) is 0.822. The number of nitrogens with zero attached hydrogens (tertiary/aromatic N) is 1. The summed E-state index contributed by atoms with van der Waals surface area (Å²) in [5, 5.41) is 4.56. The Morgan fingerprint density at radius 3 is 3.12 bits per heavy atom. The molecule has 1 aliphatic heterocycles. The van der Waals surface area contributed by atoms with Gasteiger partial charge in [0.2, 0.25) is 0 Å². The molecule has 1 atom stereocenters. The van der Waals surface area contributed by atoms with E-state index in [1.54, 1.807) is 23.5 Å². The Balaban J connectivity index is 1.97. The largest absolute Gasteiger partial charge is 0.308 e. The van der Waals surface area contributed by atoms with Crippen molar-refractivity contribution < 1.29 is 4.39 Å². The lowest BCUT2D eigenvalue weighted by molar-refractivity contribution is 0.411. The van der Waals surface area contributed by atoms with Crippen LogP contribution in [-0.2, 0) is 0 Å². The van der Waals surface area contributed by atoms with Gasteiger partial charge in [0.05, 0.1) is 16.3 Å². The highest BCUT2D eigenvalue weighted by atomic mass is 32.1. The summed E-state index contributed by atoms with van der Waals surface area (Å²) in [5.41, 5.74) is 0.911. The monoisotopic (exact) mass is 236 g/mol. The van der Waals surface area contributed by atoms with Crippen LogP contribution in [0.2, 0.25) is 0 Å². The van der Waals surface area contributed by atoms with Gasteiger partial charge in [-0.2, -0.15) is 0 Å². The maximum Gasteiger partial charge on any atom is 0.124 e. The molecule has 0 bridgehead atoms.